The Bertz CT molecular complexity index is 744. The fourth-order valence-electron chi connectivity index (χ4n) is 2.33. The van der Waals surface area contributed by atoms with Gasteiger partial charge in [-0.25, -0.2) is 9.78 Å². The van der Waals surface area contributed by atoms with E-state index in [2.05, 4.69) is 20.9 Å². The Balaban J connectivity index is 1.47. The molecule has 0 aliphatic heterocycles. The van der Waals surface area contributed by atoms with Gasteiger partial charge >= 0.3 is 6.03 Å². The van der Waals surface area contributed by atoms with Gasteiger partial charge in [-0.05, 0) is 37.5 Å². The lowest BCUT2D eigenvalue weighted by Gasteiger charge is -2.10. The fourth-order valence-corrected chi connectivity index (χ4v) is 2.53. The summed E-state index contributed by atoms with van der Waals surface area (Å²) in [5.74, 6) is -0.211. The predicted molar refractivity (Wildman–Crippen MR) is 95.8 cm³/mol. The van der Waals surface area contributed by atoms with E-state index in [1.807, 2.05) is 10.8 Å². The maximum absolute atomic E-state index is 12.1. The van der Waals surface area contributed by atoms with Gasteiger partial charge in [0.2, 0.25) is 0 Å². The van der Waals surface area contributed by atoms with Crippen molar-refractivity contribution >= 4 is 29.2 Å². The molecule has 3 rings (SSSR count). The average molecular weight is 362 g/mol. The third-order valence-electron chi connectivity index (χ3n) is 3.82. The highest BCUT2D eigenvalue weighted by Crippen LogP contribution is 2.23. The number of benzene rings is 1. The van der Waals surface area contributed by atoms with Crippen LogP contribution in [-0.2, 0) is 6.54 Å². The van der Waals surface area contributed by atoms with Gasteiger partial charge in [0.1, 0.15) is 0 Å². The minimum Gasteiger partial charge on any atom is -0.349 e. The summed E-state index contributed by atoms with van der Waals surface area (Å²) in [5.41, 5.74) is 0.893. The smallest absolute Gasteiger partial charge is 0.319 e. The van der Waals surface area contributed by atoms with Crippen LogP contribution in [0, 0.1) is 0 Å². The Labute approximate surface area is 150 Å². The van der Waals surface area contributed by atoms with Crippen molar-refractivity contribution in [2.45, 2.75) is 31.8 Å². The first-order chi connectivity index (χ1) is 12.1. The highest BCUT2D eigenvalue weighted by molar-refractivity contribution is 6.34. The monoisotopic (exact) mass is 361 g/mol. The van der Waals surface area contributed by atoms with E-state index in [1.165, 1.54) is 0 Å². The van der Waals surface area contributed by atoms with Crippen molar-refractivity contribution in [3.8, 4) is 0 Å². The first-order valence-corrected chi connectivity index (χ1v) is 8.60. The van der Waals surface area contributed by atoms with Gasteiger partial charge in [-0.2, -0.15) is 0 Å². The van der Waals surface area contributed by atoms with Gasteiger partial charge < -0.3 is 20.5 Å². The van der Waals surface area contributed by atoms with E-state index < -0.39 is 0 Å². The van der Waals surface area contributed by atoms with Crippen molar-refractivity contribution in [2.24, 2.45) is 0 Å². The lowest BCUT2D eigenvalue weighted by Crippen LogP contribution is -2.30. The number of nitrogens with zero attached hydrogens (tertiary/aromatic N) is 2. The number of carbonyl (C=O) groups is 2. The molecule has 1 aromatic heterocycles. The molecule has 8 heteroatoms. The zero-order chi connectivity index (χ0) is 17.6. The Morgan fingerprint density at radius 1 is 1.32 bits per heavy atom. The van der Waals surface area contributed by atoms with Crippen LogP contribution < -0.4 is 16.0 Å². The van der Waals surface area contributed by atoms with Crippen molar-refractivity contribution < 1.29 is 9.59 Å². The number of amides is 3. The highest BCUT2D eigenvalue weighted by Gasteiger charge is 2.24. The molecule has 3 N–H and O–H groups in total. The number of hydrogen-bond acceptors (Lipinski definition) is 3. The van der Waals surface area contributed by atoms with Gasteiger partial charge in [0.25, 0.3) is 5.91 Å². The average Bonchev–Trinajstić information content (AvgIpc) is 3.24. The molecule has 132 valence electrons. The van der Waals surface area contributed by atoms with Gasteiger partial charge in [0.05, 0.1) is 16.9 Å². The maximum atomic E-state index is 12.1. The summed E-state index contributed by atoms with van der Waals surface area (Å²) in [5, 5.41) is 8.75. The summed E-state index contributed by atoms with van der Waals surface area (Å²) in [7, 11) is 0. The van der Waals surface area contributed by atoms with Gasteiger partial charge in [0, 0.05) is 37.2 Å². The quantitative estimate of drug-likeness (QED) is 0.662. The Morgan fingerprint density at radius 2 is 2.16 bits per heavy atom. The number of hydrogen-bond donors (Lipinski definition) is 3. The second-order valence-corrected chi connectivity index (χ2v) is 6.38. The van der Waals surface area contributed by atoms with Crippen molar-refractivity contribution in [2.75, 3.05) is 11.9 Å². The third kappa shape index (κ3) is 5.22. The molecule has 1 aliphatic carbocycles. The molecule has 0 bridgehead atoms. The van der Waals surface area contributed by atoms with Crippen LogP contribution in [0.5, 0.6) is 0 Å². The Kier molecular flexibility index (Phi) is 5.55. The lowest BCUT2D eigenvalue weighted by atomic mass is 10.2. The van der Waals surface area contributed by atoms with Gasteiger partial charge in [-0.3, -0.25) is 4.79 Å². The van der Waals surface area contributed by atoms with E-state index in [9.17, 15) is 9.59 Å². The normalized spacial score (nSPS) is 13.3. The lowest BCUT2D eigenvalue weighted by molar-refractivity contribution is 0.0951. The number of halogens is 1. The molecule has 2 aromatic rings. The Hall–Kier alpha value is -2.54. The molecule has 1 fully saturated rings. The molecule has 7 nitrogen and oxygen atoms in total. The van der Waals surface area contributed by atoms with Crippen LogP contribution in [-0.4, -0.2) is 34.1 Å². The molecule has 0 radical (unpaired) electrons. The molecule has 25 heavy (non-hydrogen) atoms. The Morgan fingerprint density at radius 3 is 2.88 bits per heavy atom. The number of anilines is 1. The van der Waals surface area contributed by atoms with E-state index in [-0.39, 0.29) is 18.0 Å². The molecule has 0 saturated heterocycles. The molecule has 0 spiro atoms. The molecule has 1 saturated carbocycles. The third-order valence-corrected chi connectivity index (χ3v) is 4.15. The maximum Gasteiger partial charge on any atom is 0.319 e. The predicted octanol–water partition coefficient (Wildman–Crippen LogP) is 2.64. The van der Waals surface area contributed by atoms with Gasteiger partial charge in [0.15, 0.2) is 0 Å². The van der Waals surface area contributed by atoms with Crippen LogP contribution in [0.4, 0.5) is 10.5 Å². The number of imidazole rings is 1. The molecular weight excluding hydrogens is 342 g/mol. The largest absolute Gasteiger partial charge is 0.349 e. The van der Waals surface area contributed by atoms with Crippen LogP contribution in [0.1, 0.15) is 29.6 Å². The zero-order valence-electron chi connectivity index (χ0n) is 13.7. The standard InChI is InChI=1S/C17H20ClN5O2/c18-15-5-4-13(10-14(15)16(24)21-12-2-3-12)22-17(25)20-6-1-8-23-9-7-19-11-23/h4-5,7,9-12H,1-3,6,8H2,(H,21,24)(H2,20,22,25). The summed E-state index contributed by atoms with van der Waals surface area (Å²) >= 11 is 6.09. The van der Waals surface area contributed by atoms with Crippen LogP contribution in [0.2, 0.25) is 5.02 Å². The number of carbonyl (C=O) groups excluding carboxylic acids is 2. The van der Waals surface area contributed by atoms with Gasteiger partial charge in [-0.1, -0.05) is 11.6 Å². The molecule has 1 heterocycles. The number of aryl methyl sites for hydroxylation is 1. The summed E-state index contributed by atoms with van der Waals surface area (Å²) in [6, 6.07) is 4.80. The summed E-state index contributed by atoms with van der Waals surface area (Å²) in [6.07, 6.45) is 8.13. The highest BCUT2D eigenvalue weighted by atomic mass is 35.5. The van der Waals surface area contributed by atoms with E-state index in [1.54, 1.807) is 30.7 Å². The molecule has 1 aliphatic rings. The first-order valence-electron chi connectivity index (χ1n) is 8.23. The topological polar surface area (TPSA) is 88.1 Å². The zero-order valence-corrected chi connectivity index (χ0v) is 14.4. The van der Waals surface area contributed by atoms with Crippen LogP contribution in [0.3, 0.4) is 0 Å². The second kappa shape index (κ2) is 8.02. The minimum absolute atomic E-state index is 0.211. The fraction of sp³-hybridized carbons (Fsp3) is 0.353. The van der Waals surface area contributed by atoms with Crippen molar-refractivity contribution in [1.82, 2.24) is 20.2 Å². The van der Waals surface area contributed by atoms with E-state index in [0.29, 0.717) is 22.8 Å². The first kappa shape index (κ1) is 17.3. The van der Waals surface area contributed by atoms with Crippen molar-refractivity contribution in [1.29, 1.82) is 0 Å². The van der Waals surface area contributed by atoms with Gasteiger partial charge in [-0.15, -0.1) is 0 Å². The van der Waals surface area contributed by atoms with E-state index >= 15 is 0 Å². The molecule has 0 unspecified atom stereocenters. The van der Waals surface area contributed by atoms with Crippen LogP contribution in [0.25, 0.3) is 0 Å². The number of aromatic nitrogens is 2. The van der Waals surface area contributed by atoms with Crippen molar-refractivity contribution in [3.05, 3.63) is 47.5 Å². The number of nitrogens with one attached hydrogen (secondary N) is 3. The molecule has 1 aromatic carbocycles. The SMILES string of the molecule is O=C(NCCCn1ccnc1)Nc1ccc(Cl)c(C(=O)NC2CC2)c1. The van der Waals surface area contributed by atoms with Crippen molar-refractivity contribution in [3.63, 3.8) is 0 Å². The summed E-state index contributed by atoms with van der Waals surface area (Å²) in [6.45, 7) is 1.32. The van der Waals surface area contributed by atoms with Crippen LogP contribution in [0.15, 0.2) is 36.9 Å². The van der Waals surface area contributed by atoms with E-state index in [4.69, 9.17) is 11.6 Å². The number of rotatable bonds is 7. The summed E-state index contributed by atoms with van der Waals surface area (Å²) < 4.78 is 1.95. The summed E-state index contributed by atoms with van der Waals surface area (Å²) in [4.78, 5) is 28.1. The molecule has 3 amide bonds. The molecular formula is C17H20ClN5O2. The minimum atomic E-state index is -0.318. The molecule has 0 atom stereocenters. The van der Waals surface area contributed by atoms with E-state index in [0.717, 1.165) is 25.8 Å². The van der Waals surface area contributed by atoms with Crippen LogP contribution >= 0.6 is 11.6 Å². The second-order valence-electron chi connectivity index (χ2n) is 5.98. The number of urea groups is 1.